The maximum Gasteiger partial charge on any atom is 0.419 e. The standard InChI is InChI=1S/C14H15F4NO2/c15-12-2-1-8(3-11(12)14(16,17)18)13(20)4-9-6-21-7-10(5-13)19-9/h1-3,9-10,19-20H,4-7H2. The van der Waals surface area contributed by atoms with E-state index in [4.69, 9.17) is 4.74 Å². The van der Waals surface area contributed by atoms with Crippen molar-refractivity contribution in [3.8, 4) is 0 Å². The number of fused-ring (bicyclic) bond motifs is 2. The molecule has 2 atom stereocenters. The summed E-state index contributed by atoms with van der Waals surface area (Å²) in [5.41, 5.74) is -2.62. The molecule has 0 radical (unpaired) electrons. The van der Waals surface area contributed by atoms with Crippen LogP contribution < -0.4 is 5.32 Å². The average molecular weight is 305 g/mol. The van der Waals surface area contributed by atoms with Gasteiger partial charge in [-0.2, -0.15) is 13.2 Å². The van der Waals surface area contributed by atoms with E-state index in [1.807, 2.05) is 0 Å². The van der Waals surface area contributed by atoms with Gasteiger partial charge >= 0.3 is 6.18 Å². The highest BCUT2D eigenvalue weighted by Gasteiger charge is 2.44. The molecule has 2 aliphatic heterocycles. The van der Waals surface area contributed by atoms with E-state index >= 15 is 0 Å². The van der Waals surface area contributed by atoms with Gasteiger partial charge in [-0.25, -0.2) is 4.39 Å². The van der Waals surface area contributed by atoms with Crippen LogP contribution in [-0.4, -0.2) is 30.4 Å². The molecule has 7 heteroatoms. The lowest BCUT2D eigenvalue weighted by Crippen LogP contribution is -2.58. The summed E-state index contributed by atoms with van der Waals surface area (Å²) in [7, 11) is 0. The number of halogens is 4. The summed E-state index contributed by atoms with van der Waals surface area (Å²) >= 11 is 0. The van der Waals surface area contributed by atoms with Crippen LogP contribution in [0.1, 0.15) is 24.0 Å². The van der Waals surface area contributed by atoms with Crippen LogP contribution >= 0.6 is 0 Å². The van der Waals surface area contributed by atoms with E-state index in [0.29, 0.717) is 13.2 Å². The van der Waals surface area contributed by atoms with E-state index in [2.05, 4.69) is 5.32 Å². The zero-order chi connectivity index (χ0) is 15.3. The SMILES string of the molecule is OC1(c2ccc(F)c(C(F)(F)F)c2)CC2COCC(C1)N2. The first-order chi connectivity index (χ1) is 9.78. The van der Waals surface area contributed by atoms with Gasteiger partial charge in [0.2, 0.25) is 0 Å². The maximum absolute atomic E-state index is 13.4. The van der Waals surface area contributed by atoms with Gasteiger partial charge in [0, 0.05) is 12.1 Å². The van der Waals surface area contributed by atoms with E-state index < -0.39 is 23.2 Å². The Kier molecular flexibility index (Phi) is 3.46. The van der Waals surface area contributed by atoms with Gasteiger partial charge in [-0.3, -0.25) is 0 Å². The third-order valence-electron chi connectivity index (χ3n) is 4.09. The Morgan fingerprint density at radius 2 is 1.81 bits per heavy atom. The summed E-state index contributed by atoms with van der Waals surface area (Å²) in [6.07, 6.45) is -4.29. The number of nitrogens with one attached hydrogen (secondary N) is 1. The molecular formula is C14H15F4NO2. The predicted molar refractivity (Wildman–Crippen MR) is 66.1 cm³/mol. The van der Waals surface area contributed by atoms with Gasteiger partial charge in [0.15, 0.2) is 0 Å². The number of piperidine rings is 1. The van der Waals surface area contributed by atoms with Crippen LogP contribution in [0.25, 0.3) is 0 Å². The highest BCUT2D eigenvalue weighted by Crippen LogP contribution is 2.39. The third kappa shape index (κ3) is 2.77. The quantitative estimate of drug-likeness (QED) is 0.782. The predicted octanol–water partition coefficient (Wildman–Crippen LogP) is 2.18. The second kappa shape index (κ2) is 4.93. The molecule has 1 aromatic carbocycles. The Hall–Kier alpha value is -1.18. The molecule has 0 aromatic heterocycles. The van der Waals surface area contributed by atoms with Gasteiger partial charge in [0.1, 0.15) is 5.82 Å². The molecule has 21 heavy (non-hydrogen) atoms. The molecule has 3 rings (SSSR count). The Morgan fingerprint density at radius 3 is 2.38 bits per heavy atom. The molecule has 2 heterocycles. The van der Waals surface area contributed by atoms with Crippen molar-refractivity contribution in [2.75, 3.05) is 13.2 Å². The topological polar surface area (TPSA) is 41.5 Å². The number of rotatable bonds is 1. The van der Waals surface area contributed by atoms with Gasteiger partial charge in [0.05, 0.1) is 24.4 Å². The molecule has 0 aliphatic carbocycles. The molecule has 2 N–H and O–H groups in total. The number of morpholine rings is 1. The molecule has 116 valence electrons. The Balaban J connectivity index is 1.96. The van der Waals surface area contributed by atoms with Crippen molar-refractivity contribution in [2.45, 2.75) is 36.7 Å². The van der Waals surface area contributed by atoms with Crippen molar-refractivity contribution < 1.29 is 27.4 Å². The first-order valence-corrected chi connectivity index (χ1v) is 6.71. The van der Waals surface area contributed by atoms with Crippen molar-refractivity contribution in [3.63, 3.8) is 0 Å². The summed E-state index contributed by atoms with van der Waals surface area (Å²) in [6, 6.07) is 2.50. The van der Waals surface area contributed by atoms with Crippen molar-refractivity contribution in [3.05, 3.63) is 35.1 Å². The largest absolute Gasteiger partial charge is 0.419 e. The fourth-order valence-corrected chi connectivity index (χ4v) is 3.18. The summed E-state index contributed by atoms with van der Waals surface area (Å²) in [6.45, 7) is 0.818. The summed E-state index contributed by atoms with van der Waals surface area (Å²) < 4.78 is 57.1. The average Bonchev–Trinajstić information content (AvgIpc) is 2.37. The molecule has 2 fully saturated rings. The smallest absolute Gasteiger partial charge is 0.385 e. The minimum atomic E-state index is -4.78. The lowest BCUT2D eigenvalue weighted by atomic mass is 9.77. The second-order valence-electron chi connectivity index (χ2n) is 5.73. The molecule has 2 aliphatic rings. The van der Waals surface area contributed by atoms with Crippen LogP contribution in [0, 0.1) is 5.82 Å². The van der Waals surface area contributed by atoms with Crippen molar-refractivity contribution >= 4 is 0 Å². The number of hydrogen-bond donors (Lipinski definition) is 2. The second-order valence-corrected chi connectivity index (χ2v) is 5.73. The zero-order valence-corrected chi connectivity index (χ0v) is 11.1. The molecule has 2 bridgehead atoms. The van der Waals surface area contributed by atoms with Gasteiger partial charge in [-0.1, -0.05) is 6.07 Å². The number of alkyl halides is 3. The van der Waals surface area contributed by atoms with Crippen LogP contribution in [0.4, 0.5) is 17.6 Å². The van der Waals surface area contributed by atoms with Gasteiger partial charge in [-0.05, 0) is 30.5 Å². The Morgan fingerprint density at radius 1 is 1.19 bits per heavy atom. The summed E-state index contributed by atoms with van der Waals surface area (Å²) in [5.74, 6) is -1.33. The maximum atomic E-state index is 13.4. The molecule has 1 aromatic rings. The Bertz CT molecular complexity index is 534. The summed E-state index contributed by atoms with van der Waals surface area (Å²) in [4.78, 5) is 0. The van der Waals surface area contributed by atoms with Crippen LogP contribution in [0.3, 0.4) is 0 Å². The van der Waals surface area contributed by atoms with E-state index in [0.717, 1.165) is 12.1 Å². The van der Waals surface area contributed by atoms with Crippen molar-refractivity contribution in [2.24, 2.45) is 0 Å². The van der Waals surface area contributed by atoms with Crippen molar-refractivity contribution in [1.82, 2.24) is 5.32 Å². The normalized spacial score (nSPS) is 33.0. The highest BCUT2D eigenvalue weighted by molar-refractivity contribution is 5.32. The lowest BCUT2D eigenvalue weighted by molar-refractivity contribution is -0.140. The minimum Gasteiger partial charge on any atom is -0.385 e. The molecule has 0 saturated carbocycles. The molecule has 2 saturated heterocycles. The molecule has 3 nitrogen and oxygen atoms in total. The summed E-state index contributed by atoms with van der Waals surface area (Å²) in [5, 5.41) is 14.0. The number of aliphatic hydroxyl groups is 1. The first-order valence-electron chi connectivity index (χ1n) is 6.71. The van der Waals surface area contributed by atoms with Gasteiger partial charge in [-0.15, -0.1) is 0 Å². The third-order valence-corrected chi connectivity index (χ3v) is 4.09. The molecule has 2 unspecified atom stereocenters. The monoisotopic (exact) mass is 305 g/mol. The number of benzene rings is 1. The van der Waals surface area contributed by atoms with E-state index in [9.17, 15) is 22.7 Å². The fourth-order valence-electron chi connectivity index (χ4n) is 3.18. The first kappa shape index (κ1) is 14.7. The van der Waals surface area contributed by atoms with E-state index in [1.165, 1.54) is 6.07 Å². The Labute approximate surface area is 118 Å². The zero-order valence-electron chi connectivity index (χ0n) is 11.1. The van der Waals surface area contributed by atoms with E-state index in [-0.39, 0.29) is 30.5 Å². The fraction of sp³-hybridized carbons (Fsp3) is 0.571. The van der Waals surface area contributed by atoms with Crippen LogP contribution in [0.2, 0.25) is 0 Å². The van der Waals surface area contributed by atoms with Crippen LogP contribution in [-0.2, 0) is 16.5 Å². The lowest BCUT2D eigenvalue weighted by Gasteiger charge is -2.45. The van der Waals surface area contributed by atoms with Gasteiger partial charge < -0.3 is 15.2 Å². The van der Waals surface area contributed by atoms with E-state index in [1.54, 1.807) is 0 Å². The number of hydrogen-bond acceptors (Lipinski definition) is 3. The molecule has 0 amide bonds. The van der Waals surface area contributed by atoms with Crippen molar-refractivity contribution in [1.29, 1.82) is 0 Å². The van der Waals surface area contributed by atoms with Crippen LogP contribution in [0.15, 0.2) is 18.2 Å². The highest BCUT2D eigenvalue weighted by atomic mass is 19.4. The molecule has 0 spiro atoms. The minimum absolute atomic E-state index is 0.106. The van der Waals surface area contributed by atoms with Gasteiger partial charge in [0.25, 0.3) is 0 Å². The van der Waals surface area contributed by atoms with Crippen LogP contribution in [0.5, 0.6) is 0 Å². The number of ether oxygens (including phenoxy) is 1. The molecular weight excluding hydrogens is 290 g/mol.